The van der Waals surface area contributed by atoms with Crippen LogP contribution in [-0.4, -0.2) is 42.5 Å². The molecule has 1 aromatic heterocycles. The van der Waals surface area contributed by atoms with Gasteiger partial charge in [-0.15, -0.1) is 5.10 Å². The van der Waals surface area contributed by atoms with Gasteiger partial charge in [-0.05, 0) is 36.1 Å². The second-order valence-corrected chi connectivity index (χ2v) is 6.07. The first-order valence-electron chi connectivity index (χ1n) is 8.67. The van der Waals surface area contributed by atoms with Crippen LogP contribution in [0.15, 0.2) is 18.3 Å². The van der Waals surface area contributed by atoms with Gasteiger partial charge in [-0.2, -0.15) is 10.1 Å². The van der Waals surface area contributed by atoms with Crippen LogP contribution in [0.5, 0.6) is 11.5 Å². The Hall–Kier alpha value is -2.57. The van der Waals surface area contributed by atoms with Crippen molar-refractivity contribution in [3.63, 3.8) is 0 Å². The summed E-state index contributed by atoms with van der Waals surface area (Å²) in [7, 11) is 3.32. The van der Waals surface area contributed by atoms with E-state index < -0.39 is 0 Å². The van der Waals surface area contributed by atoms with Crippen molar-refractivity contribution in [3.05, 3.63) is 29.5 Å². The zero-order valence-corrected chi connectivity index (χ0v) is 15.1. The van der Waals surface area contributed by atoms with Crippen molar-refractivity contribution < 1.29 is 9.47 Å². The Morgan fingerprint density at radius 3 is 2.64 bits per heavy atom. The Kier molecular flexibility index (Phi) is 5.53. The molecule has 0 fully saturated rings. The fraction of sp³-hybridized carbons (Fsp3) is 0.500. The van der Waals surface area contributed by atoms with Gasteiger partial charge >= 0.3 is 0 Å². The second kappa shape index (κ2) is 8.00. The van der Waals surface area contributed by atoms with Gasteiger partial charge in [0.25, 0.3) is 0 Å². The molecule has 0 amide bonds. The first-order valence-corrected chi connectivity index (χ1v) is 8.67. The number of anilines is 2. The summed E-state index contributed by atoms with van der Waals surface area (Å²) in [5.41, 5.74) is 2.48. The Morgan fingerprint density at radius 1 is 1.16 bits per heavy atom. The van der Waals surface area contributed by atoms with E-state index in [0.29, 0.717) is 5.95 Å². The molecule has 0 radical (unpaired) electrons. The summed E-state index contributed by atoms with van der Waals surface area (Å²) in [4.78, 5) is 6.75. The van der Waals surface area contributed by atoms with Gasteiger partial charge in [0, 0.05) is 19.6 Å². The standard InChI is InChI=1S/C18H25N5O2/c1-4-5-7-19-17-11-20-22-18(21-17)23-8-6-13-9-15(24-2)16(25-3)10-14(13)12-23/h9-11H,4-8,12H2,1-3H3,(H,19,21,22). The van der Waals surface area contributed by atoms with Crippen LogP contribution < -0.4 is 19.7 Å². The van der Waals surface area contributed by atoms with Crippen molar-refractivity contribution >= 4 is 11.8 Å². The van der Waals surface area contributed by atoms with Crippen LogP contribution in [0.2, 0.25) is 0 Å². The highest BCUT2D eigenvalue weighted by molar-refractivity contribution is 5.51. The number of benzene rings is 1. The Morgan fingerprint density at radius 2 is 1.92 bits per heavy atom. The van der Waals surface area contributed by atoms with Gasteiger partial charge in [0.1, 0.15) is 0 Å². The van der Waals surface area contributed by atoms with Crippen molar-refractivity contribution in [2.75, 3.05) is 37.5 Å². The maximum atomic E-state index is 5.42. The van der Waals surface area contributed by atoms with E-state index in [0.717, 1.165) is 56.2 Å². The number of hydrogen-bond acceptors (Lipinski definition) is 7. The number of nitrogens with zero attached hydrogens (tertiary/aromatic N) is 4. The van der Waals surface area contributed by atoms with E-state index in [2.05, 4.69) is 38.4 Å². The molecule has 134 valence electrons. The predicted octanol–water partition coefficient (Wildman–Crippen LogP) is 2.66. The molecule has 0 saturated carbocycles. The van der Waals surface area contributed by atoms with Crippen LogP contribution in [-0.2, 0) is 13.0 Å². The lowest BCUT2D eigenvalue weighted by molar-refractivity contribution is 0.353. The van der Waals surface area contributed by atoms with Crippen molar-refractivity contribution in [2.24, 2.45) is 0 Å². The fourth-order valence-electron chi connectivity index (χ4n) is 2.96. The molecular weight excluding hydrogens is 318 g/mol. The van der Waals surface area contributed by atoms with Crippen molar-refractivity contribution in [2.45, 2.75) is 32.7 Å². The van der Waals surface area contributed by atoms with E-state index in [9.17, 15) is 0 Å². The van der Waals surface area contributed by atoms with Crippen LogP contribution in [0, 0.1) is 0 Å². The van der Waals surface area contributed by atoms with Crippen molar-refractivity contribution in [3.8, 4) is 11.5 Å². The number of ether oxygens (including phenoxy) is 2. The molecule has 0 bridgehead atoms. The molecule has 3 rings (SSSR count). The van der Waals surface area contributed by atoms with Gasteiger partial charge < -0.3 is 19.7 Å². The SMILES string of the molecule is CCCCNc1cnnc(N2CCc3cc(OC)c(OC)cc3C2)n1. The van der Waals surface area contributed by atoms with E-state index in [1.165, 1.54) is 11.1 Å². The monoisotopic (exact) mass is 343 g/mol. The first-order chi connectivity index (χ1) is 12.2. The van der Waals surface area contributed by atoms with Crippen LogP contribution in [0.25, 0.3) is 0 Å². The number of fused-ring (bicyclic) bond motifs is 1. The third-order valence-electron chi connectivity index (χ3n) is 4.38. The molecule has 25 heavy (non-hydrogen) atoms. The van der Waals surface area contributed by atoms with E-state index >= 15 is 0 Å². The van der Waals surface area contributed by atoms with E-state index in [-0.39, 0.29) is 0 Å². The van der Waals surface area contributed by atoms with Gasteiger partial charge in [0.2, 0.25) is 5.95 Å². The molecule has 2 heterocycles. The minimum atomic E-state index is 0.655. The summed E-state index contributed by atoms with van der Waals surface area (Å²) in [6.45, 7) is 4.65. The largest absolute Gasteiger partial charge is 0.493 e. The summed E-state index contributed by atoms with van der Waals surface area (Å²) in [6.07, 6.45) is 4.84. The third-order valence-corrected chi connectivity index (χ3v) is 4.38. The van der Waals surface area contributed by atoms with Crippen molar-refractivity contribution in [1.29, 1.82) is 0 Å². The van der Waals surface area contributed by atoms with Gasteiger partial charge in [-0.1, -0.05) is 13.3 Å². The minimum absolute atomic E-state index is 0.655. The summed E-state index contributed by atoms with van der Waals surface area (Å²) in [5, 5.41) is 11.6. The van der Waals surface area contributed by atoms with Gasteiger partial charge in [-0.3, -0.25) is 0 Å². The summed E-state index contributed by atoms with van der Waals surface area (Å²) in [5.74, 6) is 2.95. The minimum Gasteiger partial charge on any atom is -0.493 e. The van der Waals surface area contributed by atoms with Gasteiger partial charge in [0.05, 0.1) is 20.4 Å². The van der Waals surface area contributed by atoms with Crippen LogP contribution in [0.3, 0.4) is 0 Å². The number of rotatable bonds is 7. The molecule has 1 aliphatic heterocycles. The molecule has 2 aromatic rings. The zero-order chi connectivity index (χ0) is 17.6. The summed E-state index contributed by atoms with van der Waals surface area (Å²) in [6, 6.07) is 4.10. The topological polar surface area (TPSA) is 72.4 Å². The summed E-state index contributed by atoms with van der Waals surface area (Å²) < 4.78 is 10.8. The maximum Gasteiger partial charge on any atom is 0.247 e. The third kappa shape index (κ3) is 3.92. The van der Waals surface area contributed by atoms with Crippen LogP contribution in [0.4, 0.5) is 11.8 Å². The number of unbranched alkanes of at least 4 members (excludes halogenated alkanes) is 1. The zero-order valence-electron chi connectivity index (χ0n) is 15.1. The molecule has 7 heteroatoms. The van der Waals surface area contributed by atoms with Crippen LogP contribution in [0.1, 0.15) is 30.9 Å². The quantitative estimate of drug-likeness (QED) is 0.775. The molecule has 0 saturated heterocycles. The maximum absolute atomic E-state index is 5.42. The Bertz CT molecular complexity index is 723. The Labute approximate surface area is 148 Å². The first kappa shape index (κ1) is 17.3. The van der Waals surface area contributed by atoms with E-state index in [1.54, 1.807) is 20.4 Å². The molecule has 0 aliphatic carbocycles. The summed E-state index contributed by atoms with van der Waals surface area (Å²) >= 11 is 0. The van der Waals surface area contributed by atoms with Gasteiger partial charge in [0.15, 0.2) is 17.3 Å². The fourth-order valence-corrected chi connectivity index (χ4v) is 2.96. The second-order valence-electron chi connectivity index (χ2n) is 6.07. The average Bonchev–Trinajstić information content (AvgIpc) is 2.67. The highest BCUT2D eigenvalue weighted by Gasteiger charge is 2.21. The molecular formula is C18H25N5O2. The normalized spacial score (nSPS) is 13.3. The number of aromatic nitrogens is 3. The molecule has 1 N–H and O–H groups in total. The molecule has 1 aromatic carbocycles. The molecule has 7 nitrogen and oxygen atoms in total. The van der Waals surface area contributed by atoms with Gasteiger partial charge in [-0.25, -0.2) is 0 Å². The number of methoxy groups -OCH3 is 2. The average molecular weight is 343 g/mol. The van der Waals surface area contributed by atoms with E-state index in [4.69, 9.17) is 9.47 Å². The molecule has 1 aliphatic rings. The highest BCUT2D eigenvalue weighted by Crippen LogP contribution is 2.33. The van der Waals surface area contributed by atoms with Crippen molar-refractivity contribution in [1.82, 2.24) is 15.2 Å². The lowest BCUT2D eigenvalue weighted by atomic mass is 9.99. The van der Waals surface area contributed by atoms with E-state index in [1.807, 2.05) is 6.07 Å². The lowest BCUT2D eigenvalue weighted by Gasteiger charge is -2.29. The van der Waals surface area contributed by atoms with Crippen LogP contribution >= 0.6 is 0 Å². The smallest absolute Gasteiger partial charge is 0.247 e. The highest BCUT2D eigenvalue weighted by atomic mass is 16.5. The Balaban J connectivity index is 1.77. The molecule has 0 spiro atoms. The lowest BCUT2D eigenvalue weighted by Crippen LogP contribution is -2.32. The predicted molar refractivity (Wildman–Crippen MR) is 97.5 cm³/mol. The molecule has 0 unspecified atom stereocenters. The number of nitrogens with one attached hydrogen (secondary N) is 1. The number of hydrogen-bond donors (Lipinski definition) is 1. The molecule has 0 atom stereocenters.